The SMILES string of the molecule is Cc1noc(C)c1CNCc1ccc([N+](=O)[O-])o1. The zero-order valence-electron chi connectivity index (χ0n) is 10.1. The van der Waals surface area contributed by atoms with E-state index >= 15 is 0 Å². The first-order chi connectivity index (χ1) is 8.58. The van der Waals surface area contributed by atoms with Gasteiger partial charge >= 0.3 is 5.88 Å². The summed E-state index contributed by atoms with van der Waals surface area (Å²) < 4.78 is 10.1. The highest BCUT2D eigenvalue weighted by Crippen LogP contribution is 2.16. The first kappa shape index (κ1) is 12.3. The van der Waals surface area contributed by atoms with Crippen LogP contribution in [0.3, 0.4) is 0 Å². The molecule has 2 aromatic rings. The molecule has 0 spiro atoms. The lowest BCUT2D eigenvalue weighted by molar-refractivity contribution is -0.402. The maximum Gasteiger partial charge on any atom is 0.433 e. The van der Waals surface area contributed by atoms with Crippen molar-refractivity contribution in [3.63, 3.8) is 0 Å². The molecule has 0 aliphatic heterocycles. The minimum Gasteiger partial charge on any atom is -0.404 e. The van der Waals surface area contributed by atoms with Gasteiger partial charge in [0.25, 0.3) is 0 Å². The summed E-state index contributed by atoms with van der Waals surface area (Å²) in [6.45, 7) is 4.70. The Kier molecular flexibility index (Phi) is 3.42. The van der Waals surface area contributed by atoms with E-state index < -0.39 is 4.92 Å². The van der Waals surface area contributed by atoms with E-state index in [4.69, 9.17) is 8.94 Å². The van der Waals surface area contributed by atoms with Gasteiger partial charge in [-0.2, -0.15) is 0 Å². The molecule has 0 saturated carbocycles. The Morgan fingerprint density at radius 1 is 1.39 bits per heavy atom. The van der Waals surface area contributed by atoms with Crippen molar-refractivity contribution < 1.29 is 13.9 Å². The van der Waals surface area contributed by atoms with Gasteiger partial charge in [0.1, 0.15) is 16.4 Å². The van der Waals surface area contributed by atoms with E-state index in [1.165, 1.54) is 6.07 Å². The van der Waals surface area contributed by atoms with Crippen LogP contribution in [0.15, 0.2) is 21.1 Å². The van der Waals surface area contributed by atoms with Gasteiger partial charge < -0.3 is 14.3 Å². The summed E-state index contributed by atoms with van der Waals surface area (Å²) >= 11 is 0. The van der Waals surface area contributed by atoms with Crippen LogP contribution in [0.4, 0.5) is 5.88 Å². The largest absolute Gasteiger partial charge is 0.433 e. The number of hydrogen-bond donors (Lipinski definition) is 1. The number of nitrogens with one attached hydrogen (secondary N) is 1. The van der Waals surface area contributed by atoms with Crippen LogP contribution in [-0.2, 0) is 13.1 Å². The maximum atomic E-state index is 10.4. The van der Waals surface area contributed by atoms with Gasteiger partial charge in [-0.1, -0.05) is 5.16 Å². The molecule has 0 bridgehead atoms. The van der Waals surface area contributed by atoms with Crippen molar-refractivity contribution in [2.45, 2.75) is 26.9 Å². The summed E-state index contributed by atoms with van der Waals surface area (Å²) in [5, 5.41) is 17.4. The van der Waals surface area contributed by atoms with Crippen LogP contribution in [0, 0.1) is 24.0 Å². The third-order valence-corrected chi connectivity index (χ3v) is 2.61. The smallest absolute Gasteiger partial charge is 0.404 e. The third kappa shape index (κ3) is 2.57. The summed E-state index contributed by atoms with van der Waals surface area (Å²) in [4.78, 5) is 9.88. The first-order valence-corrected chi connectivity index (χ1v) is 5.43. The van der Waals surface area contributed by atoms with Gasteiger partial charge in [0, 0.05) is 12.1 Å². The highest BCUT2D eigenvalue weighted by molar-refractivity contribution is 5.21. The third-order valence-electron chi connectivity index (χ3n) is 2.61. The molecule has 2 heterocycles. The number of nitro groups is 1. The molecule has 0 aliphatic rings. The lowest BCUT2D eigenvalue weighted by Crippen LogP contribution is -2.13. The normalized spacial score (nSPS) is 10.8. The van der Waals surface area contributed by atoms with E-state index in [-0.39, 0.29) is 5.88 Å². The Morgan fingerprint density at radius 3 is 2.72 bits per heavy atom. The standard InChI is InChI=1S/C11H13N3O4/c1-7-10(8(2)18-13-7)6-12-5-9-3-4-11(17-9)14(15)16/h3-4,12H,5-6H2,1-2H3. The van der Waals surface area contributed by atoms with E-state index in [1.54, 1.807) is 6.07 Å². The second kappa shape index (κ2) is 5.01. The second-order valence-corrected chi connectivity index (χ2v) is 3.90. The molecule has 18 heavy (non-hydrogen) atoms. The maximum absolute atomic E-state index is 10.4. The summed E-state index contributed by atoms with van der Waals surface area (Å²) in [6, 6.07) is 2.92. The van der Waals surface area contributed by atoms with Gasteiger partial charge in [-0.05, 0) is 19.9 Å². The molecule has 0 unspecified atom stereocenters. The Hall–Kier alpha value is -2.15. The van der Waals surface area contributed by atoms with E-state index in [9.17, 15) is 10.1 Å². The predicted molar refractivity (Wildman–Crippen MR) is 61.9 cm³/mol. The molecule has 0 saturated heterocycles. The lowest BCUT2D eigenvalue weighted by atomic mass is 10.2. The van der Waals surface area contributed by atoms with E-state index in [0.29, 0.717) is 18.8 Å². The van der Waals surface area contributed by atoms with Gasteiger partial charge in [-0.15, -0.1) is 0 Å². The van der Waals surface area contributed by atoms with E-state index in [1.807, 2.05) is 13.8 Å². The van der Waals surface area contributed by atoms with Crippen LogP contribution in [0.25, 0.3) is 0 Å². The van der Waals surface area contributed by atoms with Crippen molar-refractivity contribution in [2.75, 3.05) is 0 Å². The molecule has 0 radical (unpaired) electrons. The predicted octanol–water partition coefficient (Wildman–Crippen LogP) is 2.08. The monoisotopic (exact) mass is 251 g/mol. The Bertz CT molecular complexity index is 539. The average Bonchev–Trinajstić information content (AvgIpc) is 2.90. The molecular formula is C11H13N3O4. The van der Waals surface area contributed by atoms with Gasteiger partial charge in [-0.25, -0.2) is 0 Å². The van der Waals surface area contributed by atoms with Crippen molar-refractivity contribution >= 4 is 5.88 Å². The number of aromatic nitrogens is 1. The highest BCUT2D eigenvalue weighted by Gasteiger charge is 2.12. The van der Waals surface area contributed by atoms with Crippen LogP contribution >= 0.6 is 0 Å². The number of rotatable bonds is 5. The molecule has 2 rings (SSSR count). The zero-order valence-corrected chi connectivity index (χ0v) is 10.1. The molecule has 96 valence electrons. The van der Waals surface area contributed by atoms with Crippen molar-refractivity contribution in [1.82, 2.24) is 10.5 Å². The van der Waals surface area contributed by atoms with Crippen molar-refractivity contribution in [3.8, 4) is 0 Å². The molecular weight excluding hydrogens is 238 g/mol. The van der Waals surface area contributed by atoms with Crippen LogP contribution in [0.5, 0.6) is 0 Å². The van der Waals surface area contributed by atoms with Gasteiger partial charge in [0.15, 0.2) is 0 Å². The number of furan rings is 1. The molecule has 0 amide bonds. The van der Waals surface area contributed by atoms with E-state index in [0.717, 1.165) is 17.0 Å². The molecule has 7 heteroatoms. The highest BCUT2D eigenvalue weighted by atomic mass is 16.6. The van der Waals surface area contributed by atoms with Gasteiger partial charge in [0.05, 0.1) is 18.3 Å². The van der Waals surface area contributed by atoms with Crippen LogP contribution in [0.1, 0.15) is 22.8 Å². The van der Waals surface area contributed by atoms with Crippen LogP contribution in [-0.4, -0.2) is 10.1 Å². The number of aryl methyl sites for hydroxylation is 2. The molecule has 0 aliphatic carbocycles. The quantitative estimate of drug-likeness (QED) is 0.645. The van der Waals surface area contributed by atoms with Crippen molar-refractivity contribution in [3.05, 3.63) is 45.0 Å². The van der Waals surface area contributed by atoms with Crippen molar-refractivity contribution in [1.29, 1.82) is 0 Å². The van der Waals surface area contributed by atoms with Crippen LogP contribution < -0.4 is 5.32 Å². The molecule has 1 N–H and O–H groups in total. The van der Waals surface area contributed by atoms with Crippen LogP contribution in [0.2, 0.25) is 0 Å². The molecule has 0 atom stereocenters. The fourth-order valence-corrected chi connectivity index (χ4v) is 1.62. The fraction of sp³-hybridized carbons (Fsp3) is 0.364. The summed E-state index contributed by atoms with van der Waals surface area (Å²) in [6.07, 6.45) is 0. The Morgan fingerprint density at radius 2 is 2.17 bits per heavy atom. The average molecular weight is 251 g/mol. The van der Waals surface area contributed by atoms with Crippen molar-refractivity contribution in [2.24, 2.45) is 0 Å². The minimum atomic E-state index is -0.558. The van der Waals surface area contributed by atoms with Gasteiger partial charge in [0.2, 0.25) is 0 Å². The first-order valence-electron chi connectivity index (χ1n) is 5.43. The molecule has 0 fully saturated rings. The second-order valence-electron chi connectivity index (χ2n) is 3.90. The molecule has 7 nitrogen and oxygen atoms in total. The number of hydrogen-bond acceptors (Lipinski definition) is 6. The number of nitrogens with zero attached hydrogens (tertiary/aromatic N) is 2. The Labute approximate surface area is 103 Å². The van der Waals surface area contributed by atoms with Gasteiger partial charge in [-0.3, -0.25) is 10.1 Å². The fourth-order valence-electron chi connectivity index (χ4n) is 1.62. The topological polar surface area (TPSA) is 94.3 Å². The Balaban J connectivity index is 1.90. The molecule has 2 aromatic heterocycles. The minimum absolute atomic E-state index is 0.246. The lowest BCUT2D eigenvalue weighted by Gasteiger charge is -2.01. The summed E-state index contributed by atoms with van der Waals surface area (Å²) in [7, 11) is 0. The molecule has 0 aromatic carbocycles. The van der Waals surface area contributed by atoms with E-state index in [2.05, 4.69) is 10.5 Å². The zero-order chi connectivity index (χ0) is 13.1. The summed E-state index contributed by atoms with van der Waals surface area (Å²) in [5.41, 5.74) is 1.83. The summed E-state index contributed by atoms with van der Waals surface area (Å²) in [5.74, 6) is 1.04.